The number of methoxy groups -OCH3 is 1. The second-order valence-electron chi connectivity index (χ2n) is 11.2. The molecule has 0 spiro atoms. The number of aromatic nitrogens is 1. The monoisotopic (exact) mass is 487 g/mol. The van der Waals surface area contributed by atoms with Crippen LogP contribution >= 0.6 is 0 Å². The number of piperidine rings is 1. The normalized spacial score (nSPS) is 28.9. The number of ether oxygens (including phenoxy) is 1. The highest BCUT2D eigenvalue weighted by molar-refractivity contribution is 5.87. The van der Waals surface area contributed by atoms with Gasteiger partial charge in [-0.05, 0) is 47.9 Å². The Morgan fingerprint density at radius 3 is 2.53 bits per heavy atom. The summed E-state index contributed by atoms with van der Waals surface area (Å²) < 4.78 is 5.38. The first-order valence-electron chi connectivity index (χ1n) is 13.4. The number of carbonyl (C=O) groups is 1. The number of β-amino-alcohol motifs (C(OH)–C–C–N with tert-alkyl or cyclic N) is 1. The summed E-state index contributed by atoms with van der Waals surface area (Å²) in [5.74, 6) is 0.318. The standard InChI is InChI=1S/C30H37N3O3/c1-18(2)19-8-10-20(11-9-19)26-14-21(32-13-12-22(34)17-32)15-27-29-24(16-28(33(26)27)30(35)36-3)23-6-4-5-7-25(23)31-29/h4-11,18,21-22,26-28,31,34H,12-17H2,1-3H3/t21-,22-,26+,27-,28+/m1/s1. The van der Waals surface area contributed by atoms with Crippen molar-refractivity contribution in [2.75, 3.05) is 20.2 Å². The summed E-state index contributed by atoms with van der Waals surface area (Å²) in [4.78, 5) is 21.9. The maximum Gasteiger partial charge on any atom is 0.323 e. The summed E-state index contributed by atoms with van der Waals surface area (Å²) in [6.07, 6.45) is 3.11. The Balaban J connectivity index is 1.47. The molecule has 1 aromatic heterocycles. The number of fused-ring (bicyclic) bond motifs is 5. The van der Waals surface area contributed by atoms with Gasteiger partial charge in [0.25, 0.3) is 0 Å². The number of esters is 1. The molecule has 0 saturated carbocycles. The Morgan fingerprint density at radius 1 is 1.08 bits per heavy atom. The van der Waals surface area contributed by atoms with Gasteiger partial charge in [0.15, 0.2) is 0 Å². The summed E-state index contributed by atoms with van der Waals surface area (Å²) >= 11 is 0. The third kappa shape index (κ3) is 3.96. The molecule has 190 valence electrons. The number of carbonyl (C=O) groups excluding carboxylic acids is 1. The molecule has 2 aromatic carbocycles. The molecule has 6 heteroatoms. The Labute approximate surface area is 213 Å². The molecule has 36 heavy (non-hydrogen) atoms. The Hall–Kier alpha value is -2.67. The van der Waals surface area contributed by atoms with Crippen LogP contribution in [-0.2, 0) is 16.0 Å². The number of hydrogen-bond acceptors (Lipinski definition) is 5. The third-order valence-corrected chi connectivity index (χ3v) is 8.82. The number of aliphatic hydroxyl groups is 1. The zero-order valence-electron chi connectivity index (χ0n) is 21.5. The van der Waals surface area contributed by atoms with Gasteiger partial charge in [-0.1, -0.05) is 56.3 Å². The topological polar surface area (TPSA) is 68.8 Å². The molecule has 5 atom stereocenters. The third-order valence-electron chi connectivity index (χ3n) is 8.82. The smallest absolute Gasteiger partial charge is 0.323 e. The molecular weight excluding hydrogens is 450 g/mol. The van der Waals surface area contributed by atoms with Crippen LogP contribution in [0.4, 0.5) is 0 Å². The largest absolute Gasteiger partial charge is 0.468 e. The van der Waals surface area contributed by atoms with Crippen molar-refractivity contribution in [3.8, 4) is 0 Å². The minimum absolute atomic E-state index is 0.0801. The summed E-state index contributed by atoms with van der Waals surface area (Å²) in [6.45, 7) is 6.10. The molecule has 4 heterocycles. The second-order valence-corrected chi connectivity index (χ2v) is 11.2. The molecule has 3 aromatic rings. The highest BCUT2D eigenvalue weighted by Gasteiger charge is 2.49. The average Bonchev–Trinajstić information content (AvgIpc) is 3.51. The lowest BCUT2D eigenvalue weighted by molar-refractivity contribution is -0.152. The maximum absolute atomic E-state index is 13.3. The van der Waals surface area contributed by atoms with Crippen LogP contribution < -0.4 is 0 Å². The average molecular weight is 488 g/mol. The fourth-order valence-electron chi connectivity index (χ4n) is 6.95. The van der Waals surface area contributed by atoms with Gasteiger partial charge in [0.1, 0.15) is 6.04 Å². The maximum atomic E-state index is 13.3. The Bertz CT molecular complexity index is 1250. The van der Waals surface area contributed by atoms with E-state index in [2.05, 4.69) is 77.2 Å². The van der Waals surface area contributed by atoms with Gasteiger partial charge in [0.2, 0.25) is 0 Å². The minimum Gasteiger partial charge on any atom is -0.468 e. The first-order chi connectivity index (χ1) is 17.4. The lowest BCUT2D eigenvalue weighted by Gasteiger charge is -2.52. The SMILES string of the molecule is COC(=O)[C@@H]1Cc2c([nH]c3ccccc23)[C@H]2C[C@H](N3CC[C@@H](O)C3)C[C@@H](c3ccc(C(C)C)cc3)N21. The predicted molar refractivity (Wildman–Crippen MR) is 141 cm³/mol. The molecule has 2 N–H and O–H groups in total. The van der Waals surface area contributed by atoms with Gasteiger partial charge in [0.05, 0.1) is 19.3 Å². The molecule has 3 aliphatic rings. The second kappa shape index (κ2) is 9.33. The van der Waals surface area contributed by atoms with E-state index in [1.54, 1.807) is 0 Å². The van der Waals surface area contributed by atoms with Crippen molar-refractivity contribution in [3.05, 3.63) is 70.9 Å². The Morgan fingerprint density at radius 2 is 1.83 bits per heavy atom. The van der Waals surface area contributed by atoms with E-state index in [9.17, 15) is 9.90 Å². The van der Waals surface area contributed by atoms with Gasteiger partial charge in [-0.25, -0.2) is 0 Å². The first-order valence-corrected chi connectivity index (χ1v) is 13.4. The summed E-state index contributed by atoms with van der Waals surface area (Å²) in [6, 6.07) is 17.6. The van der Waals surface area contributed by atoms with E-state index < -0.39 is 0 Å². The van der Waals surface area contributed by atoms with Gasteiger partial charge in [-0.2, -0.15) is 0 Å². The molecule has 0 aliphatic carbocycles. The van der Waals surface area contributed by atoms with E-state index in [4.69, 9.17) is 4.74 Å². The number of aromatic amines is 1. The van der Waals surface area contributed by atoms with Crippen molar-refractivity contribution in [1.82, 2.24) is 14.8 Å². The molecular formula is C30H37N3O3. The van der Waals surface area contributed by atoms with Crippen molar-refractivity contribution in [2.45, 2.75) is 75.7 Å². The molecule has 0 amide bonds. The van der Waals surface area contributed by atoms with E-state index in [1.807, 2.05) is 0 Å². The van der Waals surface area contributed by atoms with E-state index in [0.29, 0.717) is 18.4 Å². The molecule has 2 saturated heterocycles. The van der Waals surface area contributed by atoms with Crippen LogP contribution in [0.3, 0.4) is 0 Å². The van der Waals surface area contributed by atoms with Crippen molar-refractivity contribution in [1.29, 1.82) is 0 Å². The number of para-hydroxylation sites is 1. The minimum atomic E-state index is -0.327. The fourth-order valence-corrected chi connectivity index (χ4v) is 6.95. The van der Waals surface area contributed by atoms with Crippen LogP contribution in [0.15, 0.2) is 48.5 Å². The molecule has 0 radical (unpaired) electrons. The fraction of sp³-hybridized carbons (Fsp3) is 0.500. The lowest BCUT2D eigenvalue weighted by atomic mass is 9.79. The molecule has 0 unspecified atom stereocenters. The van der Waals surface area contributed by atoms with Crippen LogP contribution in [0, 0.1) is 0 Å². The highest BCUT2D eigenvalue weighted by Crippen LogP contribution is 2.50. The number of benzene rings is 2. The van der Waals surface area contributed by atoms with Crippen LogP contribution in [0.1, 0.15) is 73.5 Å². The molecule has 6 rings (SSSR count). The molecule has 6 nitrogen and oxygen atoms in total. The van der Waals surface area contributed by atoms with E-state index in [-0.39, 0.29) is 30.2 Å². The van der Waals surface area contributed by atoms with Crippen molar-refractivity contribution < 1.29 is 14.6 Å². The number of aliphatic hydroxyl groups excluding tert-OH is 1. The summed E-state index contributed by atoms with van der Waals surface area (Å²) in [7, 11) is 1.51. The van der Waals surface area contributed by atoms with E-state index in [0.717, 1.165) is 37.9 Å². The van der Waals surface area contributed by atoms with Crippen LogP contribution in [0.2, 0.25) is 0 Å². The number of hydrogen-bond donors (Lipinski definition) is 2. The number of nitrogens with one attached hydrogen (secondary N) is 1. The molecule has 3 aliphatic heterocycles. The predicted octanol–water partition coefficient (Wildman–Crippen LogP) is 4.70. The zero-order chi connectivity index (χ0) is 25.0. The van der Waals surface area contributed by atoms with Gasteiger partial charge in [0, 0.05) is 48.2 Å². The van der Waals surface area contributed by atoms with Crippen molar-refractivity contribution in [3.63, 3.8) is 0 Å². The van der Waals surface area contributed by atoms with Crippen LogP contribution in [-0.4, -0.2) is 64.2 Å². The van der Waals surface area contributed by atoms with Gasteiger partial charge in [-0.15, -0.1) is 0 Å². The molecule has 0 bridgehead atoms. The highest BCUT2D eigenvalue weighted by atomic mass is 16.5. The number of likely N-dealkylation sites (tertiary alicyclic amines) is 1. The van der Waals surface area contributed by atoms with Crippen LogP contribution in [0.25, 0.3) is 10.9 Å². The summed E-state index contributed by atoms with van der Waals surface area (Å²) in [5, 5.41) is 11.5. The van der Waals surface area contributed by atoms with Gasteiger partial charge >= 0.3 is 5.97 Å². The zero-order valence-corrected chi connectivity index (χ0v) is 21.5. The van der Waals surface area contributed by atoms with Gasteiger partial charge < -0.3 is 14.8 Å². The number of H-pyrrole nitrogens is 1. The Kier molecular flexibility index (Phi) is 6.14. The van der Waals surface area contributed by atoms with Crippen molar-refractivity contribution >= 4 is 16.9 Å². The number of rotatable bonds is 4. The van der Waals surface area contributed by atoms with Crippen LogP contribution in [0.5, 0.6) is 0 Å². The lowest BCUT2D eigenvalue weighted by Crippen LogP contribution is -2.56. The van der Waals surface area contributed by atoms with E-state index in [1.165, 1.54) is 34.9 Å². The number of nitrogens with zero attached hydrogens (tertiary/aromatic N) is 2. The van der Waals surface area contributed by atoms with Crippen molar-refractivity contribution in [2.24, 2.45) is 0 Å². The van der Waals surface area contributed by atoms with E-state index >= 15 is 0 Å². The first kappa shape index (κ1) is 23.7. The summed E-state index contributed by atoms with van der Waals surface area (Å²) in [5.41, 5.74) is 6.20. The quantitative estimate of drug-likeness (QED) is 0.522. The molecule has 2 fully saturated rings. The van der Waals surface area contributed by atoms with Gasteiger partial charge in [-0.3, -0.25) is 14.6 Å².